The maximum Gasteiger partial charge on any atom is 0.233 e. The third kappa shape index (κ3) is 4.53. The van der Waals surface area contributed by atoms with Crippen molar-refractivity contribution >= 4 is 34.8 Å². The average molecular weight is 325 g/mol. The Bertz CT molecular complexity index is 722. The molecule has 0 aliphatic carbocycles. The van der Waals surface area contributed by atoms with Gasteiger partial charge in [-0.25, -0.2) is 8.78 Å². The molecule has 0 heterocycles. The largest absolute Gasteiger partial charge is 0.326 e. The minimum atomic E-state index is -1.08. The zero-order valence-electron chi connectivity index (χ0n) is 11.2. The van der Waals surface area contributed by atoms with E-state index < -0.39 is 29.9 Å². The normalized spacial score (nSPS) is 10.1. The molecule has 0 aliphatic heterocycles. The van der Waals surface area contributed by atoms with Crippen LogP contribution in [0.15, 0.2) is 42.5 Å². The number of carbonyl (C=O) groups excluding carboxylic acids is 2. The molecule has 0 saturated heterocycles. The molecule has 0 fully saturated rings. The second-order valence-electron chi connectivity index (χ2n) is 4.41. The smallest absolute Gasteiger partial charge is 0.233 e. The lowest BCUT2D eigenvalue weighted by atomic mass is 10.2. The zero-order chi connectivity index (χ0) is 16.1. The van der Waals surface area contributed by atoms with E-state index in [0.717, 1.165) is 12.1 Å². The summed E-state index contributed by atoms with van der Waals surface area (Å²) in [5, 5.41) is 5.26. The molecule has 0 atom stereocenters. The number of benzene rings is 2. The Kier molecular flexibility index (Phi) is 5.06. The van der Waals surface area contributed by atoms with Crippen molar-refractivity contribution in [1.29, 1.82) is 0 Å². The second-order valence-corrected chi connectivity index (χ2v) is 4.85. The topological polar surface area (TPSA) is 58.2 Å². The van der Waals surface area contributed by atoms with E-state index in [2.05, 4.69) is 10.6 Å². The van der Waals surface area contributed by atoms with E-state index in [0.29, 0.717) is 10.7 Å². The molecular weight excluding hydrogens is 314 g/mol. The van der Waals surface area contributed by atoms with Crippen molar-refractivity contribution in [3.8, 4) is 0 Å². The number of hydrogen-bond acceptors (Lipinski definition) is 2. The zero-order valence-corrected chi connectivity index (χ0v) is 12.0. The van der Waals surface area contributed by atoms with E-state index in [1.54, 1.807) is 18.2 Å². The summed E-state index contributed by atoms with van der Waals surface area (Å²) in [6, 6.07) is 9.38. The lowest BCUT2D eigenvalue weighted by molar-refractivity contribution is -0.123. The number of hydrogen-bond donors (Lipinski definition) is 2. The quantitative estimate of drug-likeness (QED) is 0.844. The van der Waals surface area contributed by atoms with Gasteiger partial charge >= 0.3 is 0 Å². The first-order chi connectivity index (χ1) is 10.4. The molecule has 0 aromatic heterocycles. The molecule has 7 heteroatoms. The number of carbonyl (C=O) groups is 2. The van der Waals surface area contributed by atoms with Crippen LogP contribution >= 0.6 is 11.6 Å². The molecule has 0 aliphatic rings. The Balaban J connectivity index is 1.91. The van der Waals surface area contributed by atoms with E-state index in [1.165, 1.54) is 12.1 Å². The third-order valence-corrected chi connectivity index (χ3v) is 2.87. The van der Waals surface area contributed by atoms with Gasteiger partial charge in [0.1, 0.15) is 6.42 Å². The first-order valence-corrected chi connectivity index (χ1v) is 6.62. The Hall–Kier alpha value is -2.47. The summed E-state index contributed by atoms with van der Waals surface area (Å²) in [6.07, 6.45) is -0.467. The lowest BCUT2D eigenvalue weighted by Gasteiger charge is -2.07. The van der Waals surface area contributed by atoms with E-state index >= 15 is 0 Å². The summed E-state index contributed by atoms with van der Waals surface area (Å²) >= 11 is 5.77. The molecule has 0 unspecified atom stereocenters. The maximum absolute atomic E-state index is 13.0. The second kappa shape index (κ2) is 7.00. The predicted octanol–water partition coefficient (Wildman–Crippen LogP) is 3.59. The molecule has 0 saturated carbocycles. The highest BCUT2D eigenvalue weighted by Crippen LogP contribution is 2.16. The highest BCUT2D eigenvalue weighted by atomic mass is 35.5. The van der Waals surface area contributed by atoms with Crippen molar-refractivity contribution < 1.29 is 18.4 Å². The van der Waals surface area contributed by atoms with Crippen molar-refractivity contribution in [3.63, 3.8) is 0 Å². The van der Waals surface area contributed by atoms with Gasteiger partial charge in [0.2, 0.25) is 11.8 Å². The van der Waals surface area contributed by atoms with Crippen LogP contribution in [0.1, 0.15) is 6.42 Å². The van der Waals surface area contributed by atoms with Gasteiger partial charge in [-0.1, -0.05) is 17.7 Å². The lowest BCUT2D eigenvalue weighted by Crippen LogP contribution is -2.21. The molecule has 2 aromatic carbocycles. The molecular formula is C15H11ClF2N2O2. The van der Waals surface area contributed by atoms with Crippen molar-refractivity contribution in [3.05, 3.63) is 59.1 Å². The molecule has 0 spiro atoms. The summed E-state index contributed by atoms with van der Waals surface area (Å²) in [6.45, 7) is 0. The van der Waals surface area contributed by atoms with E-state index in [4.69, 9.17) is 11.6 Å². The van der Waals surface area contributed by atoms with Crippen LogP contribution in [-0.4, -0.2) is 11.8 Å². The first-order valence-electron chi connectivity index (χ1n) is 6.24. The molecule has 22 heavy (non-hydrogen) atoms. The fraction of sp³-hybridized carbons (Fsp3) is 0.0667. The number of amides is 2. The fourth-order valence-corrected chi connectivity index (χ4v) is 1.89. The number of rotatable bonds is 4. The van der Waals surface area contributed by atoms with Crippen LogP contribution in [0.3, 0.4) is 0 Å². The summed E-state index contributed by atoms with van der Waals surface area (Å²) in [5.41, 5.74) is 0.526. The molecule has 2 rings (SSSR count). The fourth-order valence-electron chi connectivity index (χ4n) is 1.70. The summed E-state index contributed by atoms with van der Waals surface area (Å²) < 4.78 is 25.8. The van der Waals surface area contributed by atoms with Gasteiger partial charge in [-0.3, -0.25) is 9.59 Å². The SMILES string of the molecule is O=C(CC(=O)Nc1ccc(F)c(F)c1)Nc1cccc(Cl)c1. The van der Waals surface area contributed by atoms with Crippen molar-refractivity contribution in [2.75, 3.05) is 10.6 Å². The van der Waals surface area contributed by atoms with Crippen molar-refractivity contribution in [2.45, 2.75) is 6.42 Å². The van der Waals surface area contributed by atoms with Gasteiger partial charge in [0.05, 0.1) is 0 Å². The minimum Gasteiger partial charge on any atom is -0.326 e. The summed E-state index contributed by atoms with van der Waals surface area (Å²) in [5.74, 6) is -3.30. The van der Waals surface area contributed by atoms with Crippen LogP contribution in [0.4, 0.5) is 20.2 Å². The molecule has 2 amide bonds. The molecule has 0 bridgehead atoms. The predicted molar refractivity (Wildman–Crippen MR) is 79.7 cm³/mol. The van der Waals surface area contributed by atoms with Gasteiger partial charge in [0.25, 0.3) is 0 Å². The van der Waals surface area contributed by atoms with E-state index in [-0.39, 0.29) is 5.69 Å². The van der Waals surface area contributed by atoms with E-state index in [1.807, 2.05) is 0 Å². The van der Waals surface area contributed by atoms with Crippen LogP contribution in [0, 0.1) is 11.6 Å². The van der Waals surface area contributed by atoms with E-state index in [9.17, 15) is 18.4 Å². The molecule has 0 radical (unpaired) electrons. The first kappa shape index (κ1) is 15.9. The van der Waals surface area contributed by atoms with Crippen LogP contribution in [0.5, 0.6) is 0 Å². The molecule has 114 valence electrons. The van der Waals surface area contributed by atoms with Crippen LogP contribution in [0.25, 0.3) is 0 Å². The number of halogens is 3. The van der Waals surface area contributed by atoms with Gasteiger partial charge < -0.3 is 10.6 Å². The average Bonchev–Trinajstić information content (AvgIpc) is 2.42. The summed E-state index contributed by atoms with van der Waals surface area (Å²) in [7, 11) is 0. The standard InChI is InChI=1S/C15H11ClF2N2O2/c16-9-2-1-3-10(6-9)19-14(21)8-15(22)20-11-4-5-12(17)13(18)7-11/h1-7H,8H2,(H,19,21)(H,20,22). The Morgan fingerprint density at radius 3 is 2.14 bits per heavy atom. The molecule has 2 N–H and O–H groups in total. The highest BCUT2D eigenvalue weighted by molar-refractivity contribution is 6.30. The third-order valence-electron chi connectivity index (χ3n) is 2.63. The Morgan fingerprint density at radius 2 is 1.55 bits per heavy atom. The van der Waals surface area contributed by atoms with Crippen LogP contribution in [0.2, 0.25) is 5.02 Å². The summed E-state index contributed by atoms with van der Waals surface area (Å²) in [4.78, 5) is 23.4. The monoisotopic (exact) mass is 324 g/mol. The molecule has 2 aromatic rings. The van der Waals surface area contributed by atoms with Gasteiger partial charge in [0, 0.05) is 22.5 Å². The van der Waals surface area contributed by atoms with Crippen molar-refractivity contribution in [2.24, 2.45) is 0 Å². The van der Waals surface area contributed by atoms with Gasteiger partial charge in [-0.2, -0.15) is 0 Å². The maximum atomic E-state index is 13.0. The highest BCUT2D eigenvalue weighted by Gasteiger charge is 2.11. The van der Waals surface area contributed by atoms with Gasteiger partial charge in [-0.15, -0.1) is 0 Å². The van der Waals surface area contributed by atoms with Gasteiger partial charge in [0.15, 0.2) is 11.6 Å². The van der Waals surface area contributed by atoms with Crippen LogP contribution < -0.4 is 10.6 Å². The van der Waals surface area contributed by atoms with Gasteiger partial charge in [-0.05, 0) is 30.3 Å². The Morgan fingerprint density at radius 1 is 0.909 bits per heavy atom. The van der Waals surface area contributed by atoms with Crippen LogP contribution in [-0.2, 0) is 9.59 Å². The molecule has 4 nitrogen and oxygen atoms in total. The minimum absolute atomic E-state index is 0.0689. The Labute approximate surface area is 130 Å². The number of anilines is 2. The van der Waals surface area contributed by atoms with Crippen molar-refractivity contribution in [1.82, 2.24) is 0 Å². The number of nitrogens with one attached hydrogen (secondary N) is 2.